The van der Waals surface area contributed by atoms with E-state index >= 15 is 0 Å². The van der Waals surface area contributed by atoms with E-state index < -0.39 is 6.10 Å². The van der Waals surface area contributed by atoms with E-state index in [0.29, 0.717) is 6.42 Å². The molecule has 1 aliphatic rings. The predicted molar refractivity (Wildman–Crippen MR) is 82.9 cm³/mol. The first-order valence-electron chi connectivity index (χ1n) is 6.91. The summed E-state index contributed by atoms with van der Waals surface area (Å²) in [4.78, 5) is 0. The van der Waals surface area contributed by atoms with Crippen molar-refractivity contribution < 1.29 is 9.84 Å². The maximum atomic E-state index is 10.4. The van der Waals surface area contributed by atoms with Gasteiger partial charge >= 0.3 is 0 Å². The predicted octanol–water partition coefficient (Wildman–Crippen LogP) is 4.57. The van der Waals surface area contributed by atoms with Crippen molar-refractivity contribution in [1.82, 2.24) is 0 Å². The number of ether oxygens (including phenoxy) is 1. The molecule has 2 nitrogen and oxygen atoms in total. The lowest BCUT2D eigenvalue weighted by Gasteiger charge is -2.31. The lowest BCUT2D eigenvalue weighted by atomic mass is 9.92. The van der Waals surface area contributed by atoms with E-state index in [0.717, 1.165) is 22.2 Å². The molecule has 0 fully saturated rings. The summed E-state index contributed by atoms with van der Waals surface area (Å²) in [6, 6.07) is 14.1. The molecule has 0 radical (unpaired) electrons. The van der Waals surface area contributed by atoms with Crippen LogP contribution in [0.5, 0.6) is 5.75 Å². The SMILES string of the molecule is CCc1ccccc1C1C[C@@H](O)c2cc(Br)ccc2O1. The maximum absolute atomic E-state index is 10.4. The fourth-order valence-corrected chi connectivity index (χ4v) is 3.16. The highest BCUT2D eigenvalue weighted by atomic mass is 79.9. The Morgan fingerprint density at radius 2 is 2.00 bits per heavy atom. The Morgan fingerprint density at radius 3 is 2.80 bits per heavy atom. The van der Waals surface area contributed by atoms with E-state index in [9.17, 15) is 5.11 Å². The molecule has 0 bridgehead atoms. The Bertz CT molecular complexity index is 624. The Labute approximate surface area is 127 Å². The summed E-state index contributed by atoms with van der Waals surface area (Å²) in [7, 11) is 0. The van der Waals surface area contributed by atoms with Crippen molar-refractivity contribution in [3.8, 4) is 5.75 Å². The number of hydrogen-bond acceptors (Lipinski definition) is 2. The van der Waals surface area contributed by atoms with Crippen molar-refractivity contribution >= 4 is 15.9 Å². The molecule has 0 spiro atoms. The Kier molecular flexibility index (Phi) is 3.81. The molecular weight excluding hydrogens is 316 g/mol. The molecular formula is C17H17BrO2. The molecule has 1 N–H and O–H groups in total. The van der Waals surface area contributed by atoms with Gasteiger partial charge in [-0.25, -0.2) is 0 Å². The van der Waals surface area contributed by atoms with Gasteiger partial charge in [0.05, 0.1) is 6.10 Å². The van der Waals surface area contributed by atoms with Crippen LogP contribution in [-0.4, -0.2) is 5.11 Å². The number of halogens is 1. The van der Waals surface area contributed by atoms with Crippen molar-refractivity contribution in [2.45, 2.75) is 32.0 Å². The molecule has 3 heteroatoms. The van der Waals surface area contributed by atoms with E-state index in [2.05, 4.69) is 35.0 Å². The first-order chi connectivity index (χ1) is 9.69. The van der Waals surface area contributed by atoms with Crippen molar-refractivity contribution in [1.29, 1.82) is 0 Å². The monoisotopic (exact) mass is 332 g/mol. The minimum absolute atomic E-state index is 0.0742. The third-order valence-electron chi connectivity index (χ3n) is 3.82. The molecule has 1 unspecified atom stereocenters. The molecule has 0 saturated heterocycles. The van der Waals surface area contributed by atoms with Gasteiger partial charge in [-0.3, -0.25) is 0 Å². The lowest BCUT2D eigenvalue weighted by Crippen LogP contribution is -2.20. The largest absolute Gasteiger partial charge is 0.485 e. The van der Waals surface area contributed by atoms with Crippen LogP contribution in [0.15, 0.2) is 46.9 Å². The van der Waals surface area contributed by atoms with Gasteiger partial charge in [0.2, 0.25) is 0 Å². The number of aliphatic hydroxyl groups is 1. The molecule has 104 valence electrons. The van der Waals surface area contributed by atoms with Crippen molar-refractivity contribution in [3.05, 3.63) is 63.6 Å². The van der Waals surface area contributed by atoms with Crippen LogP contribution in [0.2, 0.25) is 0 Å². The van der Waals surface area contributed by atoms with Crippen LogP contribution < -0.4 is 4.74 Å². The van der Waals surface area contributed by atoms with Gasteiger partial charge in [0.25, 0.3) is 0 Å². The van der Waals surface area contributed by atoms with Gasteiger partial charge < -0.3 is 9.84 Å². The smallest absolute Gasteiger partial charge is 0.127 e. The van der Waals surface area contributed by atoms with Crippen molar-refractivity contribution in [2.75, 3.05) is 0 Å². The number of fused-ring (bicyclic) bond motifs is 1. The molecule has 2 aromatic carbocycles. The molecule has 0 amide bonds. The van der Waals surface area contributed by atoms with E-state index in [1.807, 2.05) is 30.3 Å². The van der Waals surface area contributed by atoms with Crippen LogP contribution in [-0.2, 0) is 6.42 Å². The number of hydrogen-bond donors (Lipinski definition) is 1. The van der Waals surface area contributed by atoms with Crippen LogP contribution in [0.25, 0.3) is 0 Å². The summed E-state index contributed by atoms with van der Waals surface area (Å²) >= 11 is 3.43. The molecule has 3 rings (SSSR count). The van der Waals surface area contributed by atoms with Gasteiger partial charge in [0.15, 0.2) is 0 Å². The van der Waals surface area contributed by atoms with E-state index in [1.54, 1.807) is 0 Å². The molecule has 0 saturated carbocycles. The summed E-state index contributed by atoms with van der Waals surface area (Å²) in [6.07, 6.45) is 1.01. The van der Waals surface area contributed by atoms with Crippen molar-refractivity contribution in [3.63, 3.8) is 0 Å². The van der Waals surface area contributed by atoms with Gasteiger partial charge in [0, 0.05) is 16.5 Å². The highest BCUT2D eigenvalue weighted by Crippen LogP contribution is 2.42. The zero-order valence-electron chi connectivity index (χ0n) is 11.3. The van der Waals surface area contributed by atoms with Gasteiger partial charge in [-0.05, 0) is 35.7 Å². The Balaban J connectivity index is 1.97. The van der Waals surface area contributed by atoms with E-state index in [4.69, 9.17) is 4.74 Å². The van der Waals surface area contributed by atoms with Gasteiger partial charge in [0.1, 0.15) is 11.9 Å². The van der Waals surface area contributed by atoms with Crippen LogP contribution in [0, 0.1) is 0 Å². The molecule has 0 aliphatic carbocycles. The summed E-state index contributed by atoms with van der Waals surface area (Å²) in [5.74, 6) is 0.780. The first kappa shape index (κ1) is 13.7. The molecule has 0 aromatic heterocycles. The molecule has 1 aliphatic heterocycles. The average molecular weight is 333 g/mol. The topological polar surface area (TPSA) is 29.5 Å². The minimum atomic E-state index is -0.480. The zero-order valence-corrected chi connectivity index (χ0v) is 12.9. The molecule has 1 heterocycles. The minimum Gasteiger partial charge on any atom is -0.485 e. The van der Waals surface area contributed by atoms with Gasteiger partial charge in [-0.15, -0.1) is 0 Å². The van der Waals surface area contributed by atoms with Crippen LogP contribution in [0.1, 0.15) is 42.2 Å². The number of aliphatic hydroxyl groups excluding tert-OH is 1. The van der Waals surface area contributed by atoms with Gasteiger partial charge in [-0.1, -0.05) is 47.1 Å². The summed E-state index contributed by atoms with van der Waals surface area (Å²) < 4.78 is 7.07. The van der Waals surface area contributed by atoms with Crippen LogP contribution in [0.3, 0.4) is 0 Å². The average Bonchev–Trinajstić information content (AvgIpc) is 2.47. The second-order valence-corrected chi connectivity index (χ2v) is 6.01. The molecule has 20 heavy (non-hydrogen) atoms. The highest BCUT2D eigenvalue weighted by Gasteiger charge is 2.29. The molecule has 2 atom stereocenters. The fourth-order valence-electron chi connectivity index (χ4n) is 2.78. The summed E-state index contributed by atoms with van der Waals surface area (Å²) in [5, 5.41) is 10.4. The van der Waals surface area contributed by atoms with Gasteiger partial charge in [-0.2, -0.15) is 0 Å². The number of rotatable bonds is 2. The quantitative estimate of drug-likeness (QED) is 0.872. The number of benzene rings is 2. The van der Waals surface area contributed by atoms with Crippen molar-refractivity contribution in [2.24, 2.45) is 0 Å². The first-order valence-corrected chi connectivity index (χ1v) is 7.70. The summed E-state index contributed by atoms with van der Waals surface area (Å²) in [6.45, 7) is 2.14. The maximum Gasteiger partial charge on any atom is 0.127 e. The van der Waals surface area contributed by atoms with E-state index in [1.165, 1.54) is 11.1 Å². The Hall–Kier alpha value is -1.32. The van der Waals surface area contributed by atoms with Crippen LogP contribution in [0.4, 0.5) is 0 Å². The van der Waals surface area contributed by atoms with E-state index in [-0.39, 0.29) is 6.10 Å². The van der Waals surface area contributed by atoms with Crippen LogP contribution >= 0.6 is 15.9 Å². The molecule has 2 aromatic rings. The standard InChI is InChI=1S/C17H17BrO2/c1-2-11-5-3-4-6-13(11)17-10-15(19)14-9-12(18)7-8-16(14)20-17/h3-9,15,17,19H,2,10H2,1H3/t15-,17?/m1/s1. The fraction of sp³-hybridized carbons (Fsp3) is 0.294. The third-order valence-corrected chi connectivity index (χ3v) is 4.31. The second kappa shape index (κ2) is 5.58. The number of aryl methyl sites for hydroxylation is 1. The zero-order chi connectivity index (χ0) is 14.1. The third kappa shape index (κ3) is 2.48. The lowest BCUT2D eigenvalue weighted by molar-refractivity contribution is 0.0653. The Morgan fingerprint density at radius 1 is 1.20 bits per heavy atom. The highest BCUT2D eigenvalue weighted by molar-refractivity contribution is 9.10. The normalized spacial score (nSPS) is 21.1. The summed E-state index contributed by atoms with van der Waals surface area (Å²) in [5.41, 5.74) is 3.33. The second-order valence-electron chi connectivity index (χ2n) is 5.09.